The minimum absolute atomic E-state index is 0.269. The van der Waals surface area contributed by atoms with E-state index in [2.05, 4.69) is 17.2 Å². The summed E-state index contributed by atoms with van der Waals surface area (Å²) in [7, 11) is 0. The third-order valence-corrected chi connectivity index (χ3v) is 4.32. The summed E-state index contributed by atoms with van der Waals surface area (Å²) >= 11 is 0. The fourth-order valence-corrected chi connectivity index (χ4v) is 2.59. The monoisotopic (exact) mass is 366 g/mol. The van der Waals surface area contributed by atoms with E-state index in [1.807, 2.05) is 39.0 Å². The van der Waals surface area contributed by atoms with Crippen molar-refractivity contribution in [1.29, 1.82) is 0 Å². The van der Waals surface area contributed by atoms with E-state index in [0.717, 1.165) is 11.1 Å². The van der Waals surface area contributed by atoms with E-state index in [4.69, 9.17) is 4.74 Å². The molecule has 2 aromatic rings. The number of carbonyl (C=O) groups excluding carboxylic acids is 2. The van der Waals surface area contributed by atoms with Gasteiger partial charge in [0.05, 0.1) is 11.3 Å². The second-order valence-corrected chi connectivity index (χ2v) is 6.25. The van der Waals surface area contributed by atoms with Crippen molar-refractivity contribution < 1.29 is 14.3 Å². The number of aryl methyl sites for hydroxylation is 1. The number of benzene rings is 2. The Morgan fingerprint density at radius 1 is 1.15 bits per heavy atom. The average molecular weight is 366 g/mol. The van der Waals surface area contributed by atoms with Crippen molar-refractivity contribution in [3.05, 3.63) is 71.8 Å². The molecule has 0 radical (unpaired) electrons. The normalized spacial score (nSPS) is 11.4. The van der Waals surface area contributed by atoms with E-state index < -0.39 is 6.10 Å². The molecule has 2 rings (SSSR count). The third-order valence-electron chi connectivity index (χ3n) is 4.32. The number of nitrogens with one attached hydrogen (secondary N) is 2. The summed E-state index contributed by atoms with van der Waals surface area (Å²) < 4.78 is 5.95. The number of hydrogen-bond acceptors (Lipinski definition) is 3. The van der Waals surface area contributed by atoms with Crippen LogP contribution in [-0.4, -0.2) is 24.5 Å². The van der Waals surface area contributed by atoms with Gasteiger partial charge in [0.25, 0.3) is 11.8 Å². The van der Waals surface area contributed by atoms with E-state index in [1.165, 1.54) is 0 Å². The molecule has 0 aliphatic heterocycles. The van der Waals surface area contributed by atoms with E-state index >= 15 is 0 Å². The molecule has 0 aliphatic rings. The average Bonchev–Trinajstić information content (AvgIpc) is 2.67. The lowest BCUT2D eigenvalue weighted by Crippen LogP contribution is -2.33. The third kappa shape index (κ3) is 5.20. The highest BCUT2D eigenvalue weighted by Gasteiger charge is 2.21. The van der Waals surface area contributed by atoms with Gasteiger partial charge in [0, 0.05) is 6.54 Å². The molecule has 0 aliphatic carbocycles. The molecule has 142 valence electrons. The number of hydrogen-bond donors (Lipinski definition) is 2. The molecule has 27 heavy (non-hydrogen) atoms. The lowest BCUT2D eigenvalue weighted by Gasteiger charge is -2.20. The summed E-state index contributed by atoms with van der Waals surface area (Å²) in [5, 5.41) is 5.54. The maximum Gasteiger partial charge on any atom is 0.265 e. The first-order valence-corrected chi connectivity index (χ1v) is 8.99. The number of amides is 2. The van der Waals surface area contributed by atoms with E-state index in [1.54, 1.807) is 30.3 Å². The van der Waals surface area contributed by atoms with Crippen molar-refractivity contribution in [2.24, 2.45) is 0 Å². The molecule has 0 spiro atoms. The van der Waals surface area contributed by atoms with Gasteiger partial charge in [-0.3, -0.25) is 9.59 Å². The predicted octanol–water partition coefficient (Wildman–Crippen LogP) is 4.02. The first-order chi connectivity index (χ1) is 13.0. The number of carbonyl (C=O) groups is 2. The Morgan fingerprint density at radius 3 is 2.59 bits per heavy atom. The van der Waals surface area contributed by atoms with Crippen LogP contribution >= 0.6 is 0 Å². The summed E-state index contributed by atoms with van der Waals surface area (Å²) in [6, 6.07) is 12.7. The maximum absolute atomic E-state index is 12.7. The Morgan fingerprint density at radius 2 is 1.89 bits per heavy atom. The first-order valence-electron chi connectivity index (χ1n) is 8.99. The molecule has 5 heteroatoms. The molecule has 5 nitrogen and oxygen atoms in total. The first kappa shape index (κ1) is 20.2. The maximum atomic E-state index is 12.7. The second-order valence-electron chi connectivity index (χ2n) is 6.25. The zero-order valence-electron chi connectivity index (χ0n) is 16.0. The molecule has 2 amide bonds. The molecular formula is C22H26N2O3. The molecule has 2 aromatic carbocycles. The van der Waals surface area contributed by atoms with Crippen LogP contribution in [-0.2, 0) is 4.79 Å². The number of para-hydroxylation sites is 1. The summed E-state index contributed by atoms with van der Waals surface area (Å²) in [5.74, 6) is 0.130. The Kier molecular flexibility index (Phi) is 7.17. The van der Waals surface area contributed by atoms with Crippen LogP contribution in [0, 0.1) is 13.8 Å². The highest BCUT2D eigenvalue weighted by Crippen LogP contribution is 2.23. The van der Waals surface area contributed by atoms with Crippen LogP contribution in [0.15, 0.2) is 55.1 Å². The van der Waals surface area contributed by atoms with Gasteiger partial charge < -0.3 is 15.4 Å². The SMILES string of the molecule is C=CCNC(=O)c1ccccc1NC(=O)[C@@H](CC)Oc1cccc(C)c1C. The van der Waals surface area contributed by atoms with Crippen LogP contribution in [0.4, 0.5) is 5.69 Å². The molecule has 1 atom stereocenters. The van der Waals surface area contributed by atoms with E-state index in [0.29, 0.717) is 30.0 Å². The van der Waals surface area contributed by atoms with Gasteiger partial charge in [-0.15, -0.1) is 6.58 Å². The second kappa shape index (κ2) is 9.57. The summed E-state index contributed by atoms with van der Waals surface area (Å²) in [6.45, 7) is 9.79. The molecular weight excluding hydrogens is 340 g/mol. The lowest BCUT2D eigenvalue weighted by molar-refractivity contribution is -0.122. The van der Waals surface area contributed by atoms with Crippen LogP contribution in [0.3, 0.4) is 0 Å². The summed E-state index contributed by atoms with van der Waals surface area (Å²) in [6.07, 6.45) is 1.45. The van der Waals surface area contributed by atoms with Crippen molar-refractivity contribution in [1.82, 2.24) is 5.32 Å². The quantitative estimate of drug-likeness (QED) is 0.694. The minimum Gasteiger partial charge on any atom is -0.480 e. The van der Waals surface area contributed by atoms with Crippen LogP contribution in [0.1, 0.15) is 34.8 Å². The number of rotatable bonds is 8. The Bertz CT molecular complexity index is 830. The van der Waals surface area contributed by atoms with Gasteiger partial charge >= 0.3 is 0 Å². The van der Waals surface area contributed by atoms with E-state index in [-0.39, 0.29) is 11.8 Å². The zero-order valence-corrected chi connectivity index (χ0v) is 16.0. The largest absolute Gasteiger partial charge is 0.480 e. The Balaban J connectivity index is 2.16. The van der Waals surface area contributed by atoms with Crippen molar-refractivity contribution in [2.45, 2.75) is 33.3 Å². The van der Waals surface area contributed by atoms with Gasteiger partial charge in [-0.1, -0.05) is 37.3 Å². The van der Waals surface area contributed by atoms with Gasteiger partial charge in [0.2, 0.25) is 0 Å². The lowest BCUT2D eigenvalue weighted by atomic mass is 10.1. The number of anilines is 1. The van der Waals surface area contributed by atoms with Crippen LogP contribution in [0.5, 0.6) is 5.75 Å². The molecule has 0 bridgehead atoms. The van der Waals surface area contributed by atoms with Crippen molar-refractivity contribution in [2.75, 3.05) is 11.9 Å². The zero-order chi connectivity index (χ0) is 19.8. The molecule has 2 N–H and O–H groups in total. The highest BCUT2D eigenvalue weighted by atomic mass is 16.5. The predicted molar refractivity (Wildman–Crippen MR) is 108 cm³/mol. The van der Waals surface area contributed by atoms with Crippen LogP contribution in [0.2, 0.25) is 0 Å². The Labute approximate surface area is 160 Å². The summed E-state index contributed by atoms with van der Waals surface area (Å²) in [5.41, 5.74) is 2.96. The van der Waals surface area contributed by atoms with Gasteiger partial charge in [-0.05, 0) is 49.6 Å². The molecule has 0 aromatic heterocycles. The summed E-state index contributed by atoms with van der Waals surface area (Å²) in [4.78, 5) is 25.0. The van der Waals surface area contributed by atoms with E-state index in [9.17, 15) is 9.59 Å². The van der Waals surface area contributed by atoms with Gasteiger partial charge in [-0.25, -0.2) is 0 Å². The van der Waals surface area contributed by atoms with Crippen LogP contribution < -0.4 is 15.4 Å². The molecule has 0 saturated heterocycles. The van der Waals surface area contributed by atoms with Crippen LogP contribution in [0.25, 0.3) is 0 Å². The molecule has 0 heterocycles. The number of ether oxygens (including phenoxy) is 1. The van der Waals surface area contributed by atoms with Crippen molar-refractivity contribution in [3.8, 4) is 5.75 Å². The highest BCUT2D eigenvalue weighted by molar-refractivity contribution is 6.04. The van der Waals surface area contributed by atoms with Crippen molar-refractivity contribution >= 4 is 17.5 Å². The van der Waals surface area contributed by atoms with Gasteiger partial charge in [0.1, 0.15) is 5.75 Å². The van der Waals surface area contributed by atoms with Gasteiger partial charge in [-0.2, -0.15) is 0 Å². The smallest absolute Gasteiger partial charge is 0.265 e. The fraction of sp³-hybridized carbons (Fsp3) is 0.273. The molecule has 0 unspecified atom stereocenters. The fourth-order valence-electron chi connectivity index (χ4n) is 2.59. The topological polar surface area (TPSA) is 67.4 Å². The molecule has 0 saturated carbocycles. The van der Waals surface area contributed by atoms with Gasteiger partial charge in [0.15, 0.2) is 6.10 Å². The minimum atomic E-state index is -0.658. The Hall–Kier alpha value is -3.08. The standard InChI is InChI=1S/C22H26N2O3/c1-5-14-23-21(25)17-11-7-8-12-18(17)24-22(26)19(6-2)27-20-13-9-10-15(3)16(20)4/h5,7-13,19H,1,6,14H2,2-4H3,(H,23,25)(H,24,26)/t19-/m1/s1. The molecule has 0 fully saturated rings. The van der Waals surface area contributed by atoms with Crippen molar-refractivity contribution in [3.63, 3.8) is 0 Å².